The fourth-order valence-corrected chi connectivity index (χ4v) is 3.45. The molecule has 3 rings (SSSR count). The van der Waals surface area contributed by atoms with Crippen molar-refractivity contribution in [3.05, 3.63) is 76.5 Å². The van der Waals surface area contributed by atoms with E-state index in [-0.39, 0.29) is 26.3 Å². The highest BCUT2D eigenvalue weighted by Gasteiger charge is 2.42. The van der Waals surface area contributed by atoms with Crippen LogP contribution in [0.5, 0.6) is 0 Å². The van der Waals surface area contributed by atoms with Gasteiger partial charge in [0.2, 0.25) is 0 Å². The lowest BCUT2D eigenvalue weighted by atomic mass is 10.0. The van der Waals surface area contributed by atoms with E-state index in [0.717, 1.165) is 0 Å². The van der Waals surface area contributed by atoms with Gasteiger partial charge in [-0.2, -0.15) is 0 Å². The van der Waals surface area contributed by atoms with Crippen LogP contribution in [0.4, 0.5) is 8.78 Å². The molecule has 29 heavy (non-hydrogen) atoms. The van der Waals surface area contributed by atoms with Gasteiger partial charge < -0.3 is 29.5 Å². The van der Waals surface area contributed by atoms with E-state index in [4.69, 9.17) is 9.47 Å². The van der Waals surface area contributed by atoms with E-state index in [1.54, 1.807) is 12.1 Å². The Labute approximate surface area is 168 Å². The Bertz CT molecular complexity index is 754. The van der Waals surface area contributed by atoms with Crippen molar-refractivity contribution in [3.63, 3.8) is 0 Å². The maximum absolute atomic E-state index is 13.3. The number of likely N-dealkylation sites (tertiary alicyclic amines) is 1. The zero-order valence-electron chi connectivity index (χ0n) is 16.1. The van der Waals surface area contributed by atoms with Crippen molar-refractivity contribution in [2.24, 2.45) is 0 Å². The Balaban J connectivity index is 1.66. The molecular formula is C21H25F2NO5. The quantitative estimate of drug-likeness (QED) is 0.564. The average molecular weight is 409 g/mol. The van der Waals surface area contributed by atoms with Crippen molar-refractivity contribution in [1.29, 1.82) is 0 Å². The zero-order valence-corrected chi connectivity index (χ0v) is 16.1. The van der Waals surface area contributed by atoms with E-state index in [1.165, 1.54) is 43.4 Å². The van der Waals surface area contributed by atoms with Gasteiger partial charge in [-0.15, -0.1) is 0 Å². The number of likely N-dealkylation sites (N-methyl/N-ethyl adjacent to an activating group) is 1. The van der Waals surface area contributed by atoms with Gasteiger partial charge in [0.05, 0.1) is 20.3 Å². The summed E-state index contributed by atoms with van der Waals surface area (Å²) in [5, 5.41) is 33.9. The summed E-state index contributed by atoms with van der Waals surface area (Å²) < 4.78 is 37.2. The fraction of sp³-hybridized carbons (Fsp3) is 0.429. The Morgan fingerprint density at radius 1 is 0.897 bits per heavy atom. The van der Waals surface area contributed by atoms with Crippen LogP contribution in [-0.2, 0) is 22.7 Å². The van der Waals surface area contributed by atoms with Crippen molar-refractivity contribution in [2.75, 3.05) is 20.1 Å². The van der Waals surface area contributed by atoms with Crippen molar-refractivity contribution in [3.8, 4) is 0 Å². The van der Waals surface area contributed by atoms with Crippen LogP contribution >= 0.6 is 0 Å². The molecule has 1 fully saturated rings. The van der Waals surface area contributed by atoms with Crippen LogP contribution in [0.2, 0.25) is 0 Å². The molecule has 1 heterocycles. The molecule has 0 bridgehead atoms. The summed E-state index contributed by atoms with van der Waals surface area (Å²) in [6, 6.07) is 11.6. The Kier molecular flexibility index (Phi) is 6.94. The number of hydroxylamine groups is 3. The molecule has 2 aromatic carbocycles. The SMILES string of the molecule is C[N+]1([O-])C[C@H](OCc2cccc(F)c2)[C@H](O)[C@@H](O)[C@@H](OCc2cccc(F)c2)C1. The molecule has 1 saturated heterocycles. The monoisotopic (exact) mass is 409 g/mol. The maximum atomic E-state index is 13.3. The second-order valence-electron chi connectivity index (χ2n) is 7.60. The summed E-state index contributed by atoms with van der Waals surface area (Å²) in [5.74, 6) is -0.828. The number of nitrogens with zero attached hydrogens (tertiary/aromatic N) is 1. The molecule has 0 saturated carbocycles. The molecule has 0 radical (unpaired) electrons. The Morgan fingerprint density at radius 3 is 1.69 bits per heavy atom. The van der Waals surface area contributed by atoms with E-state index in [9.17, 15) is 24.2 Å². The van der Waals surface area contributed by atoms with Crippen LogP contribution in [0.3, 0.4) is 0 Å². The number of hydrogen-bond acceptors (Lipinski definition) is 5. The first-order valence-corrected chi connectivity index (χ1v) is 9.37. The molecule has 1 aliphatic rings. The van der Waals surface area contributed by atoms with Gasteiger partial charge in [-0.3, -0.25) is 0 Å². The second-order valence-corrected chi connectivity index (χ2v) is 7.60. The molecule has 2 N–H and O–H groups in total. The first-order chi connectivity index (χ1) is 13.7. The van der Waals surface area contributed by atoms with E-state index in [0.29, 0.717) is 11.1 Å². The number of rotatable bonds is 6. The number of quaternary nitrogens is 1. The smallest absolute Gasteiger partial charge is 0.135 e. The predicted molar refractivity (Wildman–Crippen MR) is 101 cm³/mol. The number of aliphatic hydroxyl groups excluding tert-OH is 2. The number of ether oxygens (including phenoxy) is 2. The van der Waals surface area contributed by atoms with E-state index in [1.807, 2.05) is 0 Å². The Morgan fingerprint density at radius 2 is 1.31 bits per heavy atom. The summed E-state index contributed by atoms with van der Waals surface area (Å²) in [5.41, 5.74) is 1.10. The van der Waals surface area contributed by atoms with Crippen molar-refractivity contribution >= 4 is 0 Å². The van der Waals surface area contributed by atoms with Gasteiger partial charge in [0.25, 0.3) is 0 Å². The zero-order chi connectivity index (χ0) is 21.0. The number of aliphatic hydroxyl groups is 2. The topological polar surface area (TPSA) is 82.0 Å². The molecule has 0 aliphatic carbocycles. The second kappa shape index (κ2) is 9.25. The average Bonchev–Trinajstić information content (AvgIpc) is 2.74. The molecule has 0 amide bonds. The number of hydrogen-bond donors (Lipinski definition) is 2. The molecule has 2 aromatic rings. The minimum atomic E-state index is -1.37. The van der Waals surface area contributed by atoms with Crippen molar-refractivity contribution in [1.82, 2.24) is 0 Å². The van der Waals surface area contributed by atoms with Crippen molar-refractivity contribution < 1.29 is 33.1 Å². The molecule has 4 atom stereocenters. The normalized spacial score (nSPS) is 30.1. The van der Waals surface area contributed by atoms with Crippen LogP contribution in [0, 0.1) is 16.8 Å². The summed E-state index contributed by atoms with van der Waals surface area (Å²) in [7, 11) is 1.40. The minimum absolute atomic E-state index is 0.0129. The molecule has 6 nitrogen and oxygen atoms in total. The lowest BCUT2D eigenvalue weighted by molar-refractivity contribution is -0.866. The van der Waals surface area contributed by atoms with E-state index >= 15 is 0 Å². The van der Waals surface area contributed by atoms with Crippen LogP contribution in [0.15, 0.2) is 48.5 Å². The number of benzene rings is 2. The van der Waals surface area contributed by atoms with Crippen LogP contribution in [0.25, 0.3) is 0 Å². The lowest BCUT2D eigenvalue weighted by Gasteiger charge is -2.40. The molecule has 158 valence electrons. The highest BCUT2D eigenvalue weighted by molar-refractivity contribution is 5.16. The third kappa shape index (κ3) is 6.02. The molecule has 0 unspecified atom stereocenters. The standard InChI is InChI=1S/C21H25F2NO5/c1-24(27)10-18(28-12-14-4-2-6-16(22)8-14)20(25)21(26)19(11-24)29-13-15-5-3-7-17(23)9-15/h2-9,18-21,25-26H,10-13H2,1H3/t18-,19-,20-,21-/m0/s1. The first-order valence-electron chi connectivity index (χ1n) is 9.37. The van der Waals surface area contributed by atoms with Gasteiger partial charge in [0.1, 0.15) is 49.1 Å². The lowest BCUT2D eigenvalue weighted by Crippen LogP contribution is -2.47. The molecule has 0 spiro atoms. The number of halogens is 2. The maximum Gasteiger partial charge on any atom is 0.135 e. The van der Waals surface area contributed by atoms with Gasteiger partial charge in [-0.05, 0) is 35.4 Å². The summed E-state index contributed by atoms with van der Waals surface area (Å²) >= 11 is 0. The summed E-state index contributed by atoms with van der Waals surface area (Å²) in [4.78, 5) is 0. The van der Waals surface area contributed by atoms with Gasteiger partial charge >= 0.3 is 0 Å². The molecule has 0 aromatic heterocycles. The Hall–Kier alpha value is -1.94. The van der Waals surface area contributed by atoms with Crippen LogP contribution < -0.4 is 0 Å². The van der Waals surface area contributed by atoms with Crippen molar-refractivity contribution in [2.45, 2.75) is 37.6 Å². The predicted octanol–water partition coefficient (Wildman–Crippen LogP) is 2.12. The first kappa shape index (κ1) is 21.8. The van der Waals surface area contributed by atoms with Crippen LogP contribution in [-0.4, -0.2) is 59.4 Å². The molecule has 8 heteroatoms. The third-order valence-corrected chi connectivity index (χ3v) is 4.95. The van der Waals surface area contributed by atoms with E-state index in [2.05, 4.69) is 0 Å². The van der Waals surface area contributed by atoms with E-state index < -0.39 is 40.7 Å². The van der Waals surface area contributed by atoms with Gasteiger partial charge in [-0.1, -0.05) is 24.3 Å². The third-order valence-electron chi connectivity index (χ3n) is 4.95. The molecule has 1 aliphatic heterocycles. The minimum Gasteiger partial charge on any atom is -0.633 e. The fourth-order valence-electron chi connectivity index (χ4n) is 3.45. The van der Waals surface area contributed by atoms with Gasteiger partial charge in [0.15, 0.2) is 0 Å². The van der Waals surface area contributed by atoms with Gasteiger partial charge in [-0.25, -0.2) is 8.78 Å². The van der Waals surface area contributed by atoms with Crippen LogP contribution in [0.1, 0.15) is 11.1 Å². The highest BCUT2D eigenvalue weighted by Crippen LogP contribution is 2.23. The molecular weight excluding hydrogens is 384 g/mol. The summed E-state index contributed by atoms with van der Waals surface area (Å²) in [6.45, 7) is -0.233. The summed E-state index contributed by atoms with van der Waals surface area (Å²) in [6.07, 6.45) is -4.65. The largest absolute Gasteiger partial charge is 0.633 e. The van der Waals surface area contributed by atoms with Gasteiger partial charge in [0, 0.05) is 0 Å². The highest BCUT2D eigenvalue weighted by atomic mass is 19.1.